The molecule has 6 rings (SSSR count). The molecule has 32 heavy (non-hydrogen) atoms. The SMILES string of the molecule is Cc1ncc(-c2ccc(-c3ccc4c(c3)c3cncnc3c3[nH]c(C(C)C)nc43)cc2)[nH]1. The number of benzene rings is 3. The zero-order valence-electron chi connectivity index (χ0n) is 18.1. The Balaban J connectivity index is 1.54. The van der Waals surface area contributed by atoms with Crippen LogP contribution >= 0.6 is 0 Å². The van der Waals surface area contributed by atoms with Gasteiger partial charge in [0, 0.05) is 22.9 Å². The number of rotatable bonds is 3. The van der Waals surface area contributed by atoms with Gasteiger partial charge < -0.3 is 9.97 Å². The number of imidazole rings is 2. The second-order valence-electron chi connectivity index (χ2n) is 8.51. The summed E-state index contributed by atoms with van der Waals surface area (Å²) in [4.78, 5) is 24.9. The van der Waals surface area contributed by atoms with Crippen LogP contribution in [0.5, 0.6) is 0 Å². The fourth-order valence-electron chi connectivity index (χ4n) is 4.32. The van der Waals surface area contributed by atoms with E-state index in [2.05, 4.69) is 81.2 Å². The molecule has 156 valence electrons. The minimum atomic E-state index is 0.311. The number of nitrogens with zero attached hydrogens (tertiary/aromatic N) is 4. The van der Waals surface area contributed by atoms with E-state index in [1.54, 1.807) is 6.33 Å². The standard InChI is InChI=1S/C26H22N6/c1-14(2)26-31-24-19-9-8-18(10-20(19)21-11-27-13-29-23(21)25(24)32-26)16-4-6-17(7-5-16)22-12-28-15(3)30-22/h4-14H,1-3H3,(H,28,30)(H,31,32). The smallest absolute Gasteiger partial charge is 0.116 e. The second kappa shape index (κ2) is 6.99. The fraction of sp³-hybridized carbons (Fsp3) is 0.154. The molecule has 6 heteroatoms. The Morgan fingerprint density at radius 3 is 2.28 bits per heavy atom. The predicted octanol–water partition coefficient (Wildman–Crippen LogP) is 6.15. The summed E-state index contributed by atoms with van der Waals surface area (Å²) in [5.74, 6) is 2.20. The van der Waals surface area contributed by atoms with E-state index in [1.165, 1.54) is 0 Å². The van der Waals surface area contributed by atoms with E-state index < -0.39 is 0 Å². The van der Waals surface area contributed by atoms with Gasteiger partial charge in [0.05, 0.1) is 28.4 Å². The summed E-state index contributed by atoms with van der Waals surface area (Å²) in [6.45, 7) is 6.24. The predicted molar refractivity (Wildman–Crippen MR) is 129 cm³/mol. The first kappa shape index (κ1) is 18.7. The molecule has 2 N–H and O–H groups in total. The second-order valence-corrected chi connectivity index (χ2v) is 8.51. The molecule has 0 fully saturated rings. The van der Waals surface area contributed by atoms with Gasteiger partial charge in [-0.3, -0.25) is 0 Å². The Morgan fingerprint density at radius 1 is 0.750 bits per heavy atom. The van der Waals surface area contributed by atoms with Crippen molar-refractivity contribution in [3.63, 3.8) is 0 Å². The summed E-state index contributed by atoms with van der Waals surface area (Å²) in [6, 6.07) is 15.1. The van der Waals surface area contributed by atoms with E-state index in [0.29, 0.717) is 5.92 Å². The van der Waals surface area contributed by atoms with E-state index in [4.69, 9.17) is 4.98 Å². The maximum atomic E-state index is 4.91. The van der Waals surface area contributed by atoms with Crippen LogP contribution in [-0.2, 0) is 0 Å². The Kier molecular flexibility index (Phi) is 4.08. The van der Waals surface area contributed by atoms with Crippen LogP contribution in [0, 0.1) is 6.92 Å². The lowest BCUT2D eigenvalue weighted by molar-refractivity contribution is 0.799. The third-order valence-electron chi connectivity index (χ3n) is 6.02. The number of aromatic amines is 2. The number of hydrogen-bond donors (Lipinski definition) is 2. The van der Waals surface area contributed by atoms with Crippen LogP contribution in [0.15, 0.2) is 61.2 Å². The summed E-state index contributed by atoms with van der Waals surface area (Å²) >= 11 is 0. The van der Waals surface area contributed by atoms with E-state index in [9.17, 15) is 0 Å². The number of fused-ring (bicyclic) bond motifs is 6. The highest BCUT2D eigenvalue weighted by atomic mass is 14.9. The molecule has 3 aromatic carbocycles. The number of aromatic nitrogens is 6. The number of H-pyrrole nitrogens is 2. The molecule has 6 nitrogen and oxygen atoms in total. The minimum Gasteiger partial charge on any atom is -0.342 e. The first-order chi connectivity index (χ1) is 15.6. The van der Waals surface area contributed by atoms with Gasteiger partial charge in [0.1, 0.15) is 18.0 Å². The topological polar surface area (TPSA) is 83.1 Å². The molecule has 3 heterocycles. The van der Waals surface area contributed by atoms with Crippen molar-refractivity contribution in [3.8, 4) is 22.4 Å². The third-order valence-corrected chi connectivity index (χ3v) is 6.02. The monoisotopic (exact) mass is 418 g/mol. The lowest BCUT2D eigenvalue weighted by Crippen LogP contribution is -1.88. The molecule has 0 saturated heterocycles. The van der Waals surface area contributed by atoms with Crippen LogP contribution in [0.1, 0.15) is 31.4 Å². The zero-order chi connectivity index (χ0) is 21.8. The van der Waals surface area contributed by atoms with E-state index >= 15 is 0 Å². The van der Waals surface area contributed by atoms with Crippen LogP contribution in [0.4, 0.5) is 0 Å². The molecule has 6 aromatic rings. The molecule has 0 atom stereocenters. The normalized spacial score (nSPS) is 11.9. The molecule has 0 bridgehead atoms. The molecule has 0 unspecified atom stereocenters. The maximum Gasteiger partial charge on any atom is 0.116 e. The quantitative estimate of drug-likeness (QED) is 0.338. The first-order valence-corrected chi connectivity index (χ1v) is 10.8. The van der Waals surface area contributed by atoms with Gasteiger partial charge >= 0.3 is 0 Å². The Bertz CT molecular complexity index is 1610. The summed E-state index contributed by atoms with van der Waals surface area (Å²) in [5, 5.41) is 3.25. The molecule has 0 saturated carbocycles. The minimum absolute atomic E-state index is 0.311. The van der Waals surface area contributed by atoms with Crippen LogP contribution in [0.25, 0.3) is 55.1 Å². The largest absolute Gasteiger partial charge is 0.342 e. The molecule has 0 aliphatic heterocycles. The van der Waals surface area contributed by atoms with Crippen LogP contribution in [0.2, 0.25) is 0 Å². The molecule has 0 amide bonds. The summed E-state index contributed by atoms with van der Waals surface area (Å²) in [7, 11) is 0. The van der Waals surface area contributed by atoms with Gasteiger partial charge in [0.25, 0.3) is 0 Å². The first-order valence-electron chi connectivity index (χ1n) is 10.8. The van der Waals surface area contributed by atoms with Gasteiger partial charge in [0.2, 0.25) is 0 Å². The van der Waals surface area contributed by atoms with Gasteiger partial charge in [0.15, 0.2) is 0 Å². The van der Waals surface area contributed by atoms with Crippen molar-refractivity contribution in [3.05, 3.63) is 72.8 Å². The average molecular weight is 419 g/mol. The van der Waals surface area contributed by atoms with Crippen molar-refractivity contribution in [2.45, 2.75) is 26.7 Å². The molecule has 0 spiro atoms. The van der Waals surface area contributed by atoms with Gasteiger partial charge in [-0.2, -0.15) is 0 Å². The van der Waals surface area contributed by atoms with E-state index in [-0.39, 0.29) is 0 Å². The summed E-state index contributed by atoms with van der Waals surface area (Å²) in [5.41, 5.74) is 7.29. The van der Waals surface area contributed by atoms with Gasteiger partial charge in [-0.25, -0.2) is 19.9 Å². The van der Waals surface area contributed by atoms with Gasteiger partial charge in [-0.1, -0.05) is 50.2 Å². The van der Waals surface area contributed by atoms with Crippen LogP contribution in [-0.4, -0.2) is 29.9 Å². The van der Waals surface area contributed by atoms with E-state index in [1.807, 2.05) is 19.3 Å². The highest BCUT2D eigenvalue weighted by Crippen LogP contribution is 2.36. The lowest BCUT2D eigenvalue weighted by Gasteiger charge is -2.09. The van der Waals surface area contributed by atoms with Crippen molar-refractivity contribution < 1.29 is 0 Å². The van der Waals surface area contributed by atoms with Crippen molar-refractivity contribution in [1.29, 1.82) is 0 Å². The van der Waals surface area contributed by atoms with Crippen molar-refractivity contribution in [1.82, 2.24) is 29.9 Å². The van der Waals surface area contributed by atoms with Crippen molar-refractivity contribution >= 4 is 32.7 Å². The van der Waals surface area contributed by atoms with E-state index in [0.717, 1.165) is 66.7 Å². The summed E-state index contributed by atoms with van der Waals surface area (Å²) in [6.07, 6.45) is 5.36. The molecular weight excluding hydrogens is 396 g/mol. The van der Waals surface area contributed by atoms with Crippen LogP contribution < -0.4 is 0 Å². The highest BCUT2D eigenvalue weighted by molar-refractivity contribution is 6.22. The van der Waals surface area contributed by atoms with Gasteiger partial charge in [-0.15, -0.1) is 0 Å². The fourth-order valence-corrected chi connectivity index (χ4v) is 4.32. The number of hydrogen-bond acceptors (Lipinski definition) is 4. The molecule has 0 aliphatic rings. The Labute approximate surface area is 184 Å². The maximum absolute atomic E-state index is 4.91. The Morgan fingerprint density at radius 2 is 1.53 bits per heavy atom. The average Bonchev–Trinajstić information content (AvgIpc) is 3.46. The van der Waals surface area contributed by atoms with Crippen LogP contribution in [0.3, 0.4) is 0 Å². The zero-order valence-corrected chi connectivity index (χ0v) is 18.1. The molecule has 0 aliphatic carbocycles. The van der Waals surface area contributed by atoms with Crippen molar-refractivity contribution in [2.75, 3.05) is 0 Å². The third kappa shape index (κ3) is 2.87. The highest BCUT2D eigenvalue weighted by Gasteiger charge is 2.16. The Hall–Kier alpha value is -4.06. The lowest BCUT2D eigenvalue weighted by atomic mass is 9.97. The number of nitrogens with one attached hydrogen (secondary N) is 2. The molecule has 3 aromatic heterocycles. The number of aryl methyl sites for hydroxylation is 1. The van der Waals surface area contributed by atoms with Gasteiger partial charge in [-0.05, 0) is 35.1 Å². The summed E-state index contributed by atoms with van der Waals surface area (Å²) < 4.78 is 0. The molecular formula is C26H22N6. The molecule has 0 radical (unpaired) electrons. The van der Waals surface area contributed by atoms with Crippen molar-refractivity contribution in [2.24, 2.45) is 0 Å².